The lowest BCUT2D eigenvalue weighted by Crippen LogP contribution is -2.47. The first kappa shape index (κ1) is 30.2. The molecule has 2 aliphatic carbocycles. The topological polar surface area (TPSA) is 96.3 Å². The van der Waals surface area contributed by atoms with Gasteiger partial charge in [-0.3, -0.25) is 14.5 Å². The van der Waals surface area contributed by atoms with Gasteiger partial charge >= 0.3 is 7.12 Å². The molecule has 9 heteroatoms. The zero-order chi connectivity index (χ0) is 30.1. The van der Waals surface area contributed by atoms with E-state index in [1.165, 1.54) is 0 Å². The van der Waals surface area contributed by atoms with Crippen LogP contribution in [0.4, 0.5) is 0 Å². The van der Waals surface area contributed by atoms with Crippen molar-refractivity contribution in [3.8, 4) is 11.5 Å². The molecule has 2 aromatic rings. The van der Waals surface area contributed by atoms with E-state index in [1.54, 1.807) is 17.0 Å². The fourth-order valence-electron chi connectivity index (χ4n) is 7.64. The summed E-state index contributed by atoms with van der Waals surface area (Å²) in [5, 5.41) is 21.2. The number of carbonyl (C=O) groups is 2. The summed E-state index contributed by atoms with van der Waals surface area (Å²) < 4.78 is 13.3. The molecule has 2 heterocycles. The van der Waals surface area contributed by atoms with Crippen molar-refractivity contribution < 1.29 is 29.1 Å². The van der Waals surface area contributed by atoms with Gasteiger partial charge in [-0.1, -0.05) is 65.0 Å². The molecule has 1 saturated carbocycles. The van der Waals surface area contributed by atoms with Gasteiger partial charge in [-0.15, -0.1) is 0 Å². The number of aromatic hydroxyl groups is 1. The van der Waals surface area contributed by atoms with Crippen LogP contribution in [0.5, 0.6) is 11.5 Å². The van der Waals surface area contributed by atoms with E-state index < -0.39 is 25.1 Å². The number of likely N-dealkylation sites (tertiary alicyclic amines) is 1. The Labute approximate surface area is 262 Å². The number of hydrogen-bond donors (Lipinski definition) is 2. The fourth-order valence-corrected chi connectivity index (χ4v) is 8.02. The lowest BCUT2D eigenvalue weighted by Gasteiger charge is -2.43. The Morgan fingerprint density at radius 3 is 2.63 bits per heavy atom. The van der Waals surface area contributed by atoms with Crippen molar-refractivity contribution in [2.75, 3.05) is 6.61 Å². The average Bonchev–Trinajstić information content (AvgIpc) is 3.26. The number of phenolic OH excluding ortho intramolecular Hbond substituents is 1. The molecule has 6 rings (SSSR count). The molecule has 7 nitrogen and oxygen atoms in total. The molecule has 0 aromatic heterocycles. The number of allylic oxidation sites excluding steroid dienone is 1. The molecule has 0 bridgehead atoms. The van der Waals surface area contributed by atoms with Gasteiger partial charge in [0.15, 0.2) is 0 Å². The van der Waals surface area contributed by atoms with Gasteiger partial charge in [0, 0.05) is 16.1 Å². The van der Waals surface area contributed by atoms with Crippen LogP contribution in [-0.2, 0) is 14.2 Å². The maximum atomic E-state index is 14.0. The number of phenols is 1. The summed E-state index contributed by atoms with van der Waals surface area (Å²) in [7, 11) is -1.01. The zero-order valence-corrected chi connectivity index (χ0v) is 26.2. The highest BCUT2D eigenvalue weighted by molar-refractivity contribution is 9.10. The van der Waals surface area contributed by atoms with Crippen LogP contribution in [0.3, 0.4) is 0 Å². The number of carbonyl (C=O) groups excluding carboxylic acids is 2. The van der Waals surface area contributed by atoms with E-state index in [-0.39, 0.29) is 29.5 Å². The van der Waals surface area contributed by atoms with Crippen LogP contribution in [0.1, 0.15) is 63.9 Å². The van der Waals surface area contributed by atoms with Crippen molar-refractivity contribution in [1.82, 2.24) is 4.90 Å². The highest BCUT2D eigenvalue weighted by Crippen LogP contribution is 2.51. The Morgan fingerprint density at radius 2 is 1.86 bits per heavy atom. The second kappa shape index (κ2) is 13.0. The van der Waals surface area contributed by atoms with E-state index in [4.69, 9.17) is 9.39 Å². The summed E-state index contributed by atoms with van der Waals surface area (Å²) in [6.07, 6.45) is 8.56. The minimum absolute atomic E-state index is 0.0189. The molecule has 2 N–H and O–H groups in total. The molecule has 4 aliphatic rings. The maximum Gasteiger partial charge on any atom is 0.455 e. The van der Waals surface area contributed by atoms with Crippen LogP contribution in [0.25, 0.3) is 6.08 Å². The van der Waals surface area contributed by atoms with Gasteiger partial charge in [-0.2, -0.15) is 0 Å². The van der Waals surface area contributed by atoms with E-state index in [9.17, 15) is 19.7 Å². The van der Waals surface area contributed by atoms with Gasteiger partial charge in [0.25, 0.3) is 0 Å². The highest BCUT2D eigenvalue weighted by Gasteiger charge is 2.58. The molecule has 0 radical (unpaired) electrons. The Kier molecular flexibility index (Phi) is 9.12. The number of rotatable bonds is 8. The number of hydrogen-bond acceptors (Lipinski definition) is 6. The summed E-state index contributed by atoms with van der Waals surface area (Å²) in [4.78, 5) is 29.5. The van der Waals surface area contributed by atoms with E-state index >= 15 is 0 Å². The number of nitrogens with zero attached hydrogens (tertiary/aromatic N) is 1. The number of ether oxygens (including phenoxy) is 1. The first-order chi connectivity index (χ1) is 20.8. The molecule has 2 saturated heterocycles. The molecule has 0 spiro atoms. The first-order valence-electron chi connectivity index (χ1n) is 15.6. The lowest BCUT2D eigenvalue weighted by molar-refractivity contribution is -0.143. The third-order valence-corrected chi connectivity index (χ3v) is 10.1. The van der Waals surface area contributed by atoms with Crippen molar-refractivity contribution in [3.05, 3.63) is 75.3 Å². The largest absolute Gasteiger partial charge is 0.507 e. The second-order valence-corrected chi connectivity index (χ2v) is 13.4. The quantitative estimate of drug-likeness (QED) is 0.192. The molecular weight excluding hydrogens is 609 g/mol. The standard InChI is InChI=1S/C34H39BBrNO6/c1-21(16-22-17-24(36)13-14-29(22)38)12-15-30-31-23(20-42-26-10-6-3-7-11-26)18-27-32(28(31)19-35(41)43-30)34(40)37(33(27)39)25-8-4-2-5-9-25/h3,6-7,10-11,13-14,16-17,25,27-28,30,32,38,41H,2,4-5,8-9,12,15,18-20H2,1H3/b21-16+/t27-,28+,30-,32-/m1/s1. The van der Waals surface area contributed by atoms with Crippen LogP contribution in [0, 0.1) is 17.8 Å². The molecule has 4 atom stereocenters. The summed E-state index contributed by atoms with van der Waals surface area (Å²) in [6.45, 7) is 2.32. The van der Waals surface area contributed by atoms with Crippen LogP contribution < -0.4 is 4.74 Å². The highest BCUT2D eigenvalue weighted by atomic mass is 79.9. The fraction of sp³-hybridized carbons (Fsp3) is 0.471. The van der Waals surface area contributed by atoms with Crippen LogP contribution >= 0.6 is 15.9 Å². The first-order valence-corrected chi connectivity index (χ1v) is 16.3. The summed E-state index contributed by atoms with van der Waals surface area (Å²) in [5.41, 5.74) is 3.81. The number of imide groups is 1. The van der Waals surface area contributed by atoms with Gasteiger partial charge in [0.2, 0.25) is 11.8 Å². The van der Waals surface area contributed by atoms with Crippen molar-refractivity contribution in [2.24, 2.45) is 17.8 Å². The van der Waals surface area contributed by atoms with Gasteiger partial charge in [-0.25, -0.2) is 0 Å². The third kappa shape index (κ3) is 6.35. The average molecular weight is 648 g/mol. The van der Waals surface area contributed by atoms with E-state index in [0.29, 0.717) is 32.2 Å². The molecule has 3 fully saturated rings. The molecule has 2 aliphatic heterocycles. The van der Waals surface area contributed by atoms with Crippen molar-refractivity contribution in [2.45, 2.75) is 76.8 Å². The molecule has 43 heavy (non-hydrogen) atoms. The Hall–Kier alpha value is -2.88. The number of halogens is 1. The van der Waals surface area contributed by atoms with Gasteiger partial charge in [-0.05, 0) is 92.7 Å². The maximum absolute atomic E-state index is 14.0. The molecule has 226 valence electrons. The monoisotopic (exact) mass is 647 g/mol. The smallest absolute Gasteiger partial charge is 0.455 e. The zero-order valence-electron chi connectivity index (χ0n) is 24.6. The molecule has 2 amide bonds. The van der Waals surface area contributed by atoms with Crippen LogP contribution in [0.15, 0.2) is 69.7 Å². The summed E-state index contributed by atoms with van der Waals surface area (Å²) >= 11 is 3.47. The molecule has 2 aromatic carbocycles. The van der Waals surface area contributed by atoms with Gasteiger partial charge < -0.3 is 19.5 Å². The van der Waals surface area contributed by atoms with Gasteiger partial charge in [0.1, 0.15) is 18.1 Å². The number of amides is 2. The lowest BCUT2D eigenvalue weighted by atomic mass is 9.58. The van der Waals surface area contributed by atoms with Gasteiger partial charge in [0.05, 0.1) is 17.9 Å². The van der Waals surface area contributed by atoms with E-state index in [1.807, 2.05) is 49.4 Å². The van der Waals surface area contributed by atoms with Crippen molar-refractivity contribution in [3.63, 3.8) is 0 Å². The Balaban J connectivity index is 1.30. The third-order valence-electron chi connectivity index (χ3n) is 9.63. The summed E-state index contributed by atoms with van der Waals surface area (Å²) in [6, 6.07) is 14.9. The van der Waals surface area contributed by atoms with E-state index in [2.05, 4.69) is 15.9 Å². The number of fused-ring (bicyclic) bond motifs is 3. The van der Waals surface area contributed by atoms with Crippen molar-refractivity contribution in [1.29, 1.82) is 0 Å². The second-order valence-electron chi connectivity index (χ2n) is 12.5. The van der Waals surface area contributed by atoms with Crippen molar-refractivity contribution >= 4 is 40.9 Å². The minimum Gasteiger partial charge on any atom is -0.507 e. The Bertz CT molecular complexity index is 1420. The number of para-hydroxylation sites is 1. The number of benzene rings is 2. The van der Waals surface area contributed by atoms with Crippen LogP contribution in [0.2, 0.25) is 6.32 Å². The summed E-state index contributed by atoms with van der Waals surface area (Å²) in [5.74, 6) is -0.339. The van der Waals surface area contributed by atoms with E-state index in [0.717, 1.165) is 64.6 Å². The predicted octanol–water partition coefficient (Wildman–Crippen LogP) is 6.55. The minimum atomic E-state index is -1.01. The molecular formula is C34H39BBrNO6. The molecule has 0 unspecified atom stereocenters. The predicted molar refractivity (Wildman–Crippen MR) is 169 cm³/mol. The van der Waals surface area contributed by atoms with Crippen LogP contribution in [-0.4, -0.2) is 52.7 Å². The Morgan fingerprint density at radius 1 is 1.09 bits per heavy atom. The normalized spacial score (nSPS) is 26.5. The SMILES string of the molecule is C/C(=C\c1cc(Br)ccc1O)CC[C@H]1OB(O)C[C@H]2C1=C(COc1ccccc1)C[C@H]1C(=O)N(C3CCCCC3)C(=O)[C@H]12.